The first-order valence-corrected chi connectivity index (χ1v) is 8.77. The van der Waals surface area contributed by atoms with Gasteiger partial charge in [0, 0.05) is 5.56 Å². The Morgan fingerprint density at radius 3 is 2.55 bits per heavy atom. The Labute approximate surface area is 146 Å². The topological polar surface area (TPSA) is 55.4 Å². The smallest absolute Gasteiger partial charge is 0.350 e. The van der Waals surface area contributed by atoms with Gasteiger partial charge in [0.2, 0.25) is 0 Å². The summed E-state index contributed by atoms with van der Waals surface area (Å²) < 4.78 is 4.87. The van der Waals surface area contributed by atoms with Crippen molar-refractivity contribution in [1.82, 2.24) is 0 Å². The molecule has 2 aromatic rings. The third kappa shape index (κ3) is 3.03. The van der Waals surface area contributed by atoms with Crippen LogP contribution in [0.25, 0.3) is 0 Å². The number of amides is 1. The summed E-state index contributed by atoms with van der Waals surface area (Å²) in [5.41, 5.74) is 2.07. The fourth-order valence-corrected chi connectivity index (χ4v) is 3.74. The van der Waals surface area contributed by atoms with Gasteiger partial charge in [0.15, 0.2) is 23.0 Å². The average molecular weight is 427 g/mol. The lowest BCUT2D eigenvalue weighted by Crippen LogP contribution is -2.16. The number of carbonyl (C=O) groups excluding carboxylic acids is 2. The third-order valence-corrected chi connectivity index (χ3v) is 5.22. The number of anilines is 1. The number of rotatable bonds is 4. The molecule has 1 saturated carbocycles. The van der Waals surface area contributed by atoms with E-state index in [-0.39, 0.29) is 5.91 Å². The second-order valence-electron chi connectivity index (χ2n) is 5.21. The molecule has 1 heterocycles. The number of benzene rings is 1. The second-order valence-corrected chi connectivity index (χ2v) is 6.53. The molecule has 0 aliphatic heterocycles. The van der Waals surface area contributed by atoms with Crippen molar-refractivity contribution >= 4 is 51.2 Å². The highest BCUT2D eigenvalue weighted by Gasteiger charge is 2.29. The average Bonchev–Trinajstić information content (AvgIpc) is 2.89. The predicted octanol–water partition coefficient (Wildman–Crippen LogP) is 4.77. The van der Waals surface area contributed by atoms with E-state index in [1.165, 1.54) is 17.8 Å². The van der Waals surface area contributed by atoms with Crippen LogP contribution in [0, 0.1) is 0 Å². The van der Waals surface area contributed by atoms with E-state index in [2.05, 4.69) is 5.32 Å². The summed E-state index contributed by atoms with van der Waals surface area (Å²) in [4.78, 5) is 24.4. The van der Waals surface area contributed by atoms with Gasteiger partial charge in [0.05, 0.1) is 5.56 Å². The van der Waals surface area contributed by atoms with Crippen molar-refractivity contribution in [3.63, 3.8) is 0 Å². The maximum Gasteiger partial charge on any atom is 0.350 e. The fourth-order valence-electron chi connectivity index (χ4n) is 2.50. The second kappa shape index (κ2) is 6.78. The van der Waals surface area contributed by atoms with E-state index in [1.54, 1.807) is 35.1 Å². The highest BCUT2D eigenvalue weighted by atomic mass is 127. The van der Waals surface area contributed by atoms with Gasteiger partial charge < -0.3 is 8.38 Å². The lowest BCUT2D eigenvalue weighted by molar-refractivity contribution is 0.0799. The van der Waals surface area contributed by atoms with Crippen molar-refractivity contribution in [2.45, 2.75) is 25.2 Å². The van der Waals surface area contributed by atoms with E-state index in [1.807, 2.05) is 23.6 Å². The maximum atomic E-state index is 12.3. The Morgan fingerprint density at radius 1 is 1.23 bits per heavy atom. The largest absolute Gasteiger partial charge is 0.391 e. The van der Waals surface area contributed by atoms with Gasteiger partial charge >= 0.3 is 5.97 Å². The molecule has 1 fully saturated rings. The molecule has 0 spiro atoms. The van der Waals surface area contributed by atoms with Gasteiger partial charge in [-0.1, -0.05) is 24.6 Å². The first-order chi connectivity index (χ1) is 10.7. The minimum atomic E-state index is -0.396. The molecule has 3 rings (SSSR count). The molecule has 1 aromatic carbocycles. The zero-order valence-electron chi connectivity index (χ0n) is 11.7. The summed E-state index contributed by atoms with van der Waals surface area (Å²) in [6.07, 6.45) is 3.36. The van der Waals surface area contributed by atoms with Gasteiger partial charge in [-0.05, 0) is 41.8 Å². The van der Waals surface area contributed by atoms with E-state index < -0.39 is 5.97 Å². The van der Waals surface area contributed by atoms with Crippen LogP contribution in [-0.2, 0) is 3.07 Å². The SMILES string of the molecule is O=C(Nc1scc(C2CCC2)c1C(=O)OI)c1ccccc1. The monoisotopic (exact) mass is 427 g/mol. The minimum Gasteiger partial charge on any atom is -0.391 e. The van der Waals surface area contributed by atoms with Gasteiger partial charge in [-0.25, -0.2) is 4.79 Å². The van der Waals surface area contributed by atoms with Gasteiger partial charge in [0.25, 0.3) is 5.91 Å². The van der Waals surface area contributed by atoms with Crippen molar-refractivity contribution in [1.29, 1.82) is 0 Å². The molecule has 4 nitrogen and oxygen atoms in total. The summed E-state index contributed by atoms with van der Waals surface area (Å²) in [6, 6.07) is 8.96. The molecule has 0 unspecified atom stereocenters. The fraction of sp³-hybridized carbons (Fsp3) is 0.250. The standard InChI is InChI=1S/C16H14INO3S/c17-21-16(20)13-12(10-7-4-8-10)9-22-15(13)18-14(19)11-5-2-1-3-6-11/h1-3,5-6,9-10H,4,7-8H2,(H,18,19). The molecule has 0 saturated heterocycles. The highest BCUT2D eigenvalue weighted by Crippen LogP contribution is 2.43. The normalized spacial score (nSPS) is 14.2. The Morgan fingerprint density at radius 2 is 1.95 bits per heavy atom. The molecule has 1 aliphatic rings. The van der Waals surface area contributed by atoms with Crippen LogP contribution in [0.1, 0.15) is 51.5 Å². The summed E-state index contributed by atoms with van der Waals surface area (Å²) in [7, 11) is 0. The number of thiophene rings is 1. The van der Waals surface area contributed by atoms with Gasteiger partial charge in [-0.3, -0.25) is 4.79 Å². The van der Waals surface area contributed by atoms with Crippen molar-refractivity contribution in [3.05, 3.63) is 52.4 Å². The van der Waals surface area contributed by atoms with E-state index in [4.69, 9.17) is 3.07 Å². The Bertz CT molecular complexity index is 695. The van der Waals surface area contributed by atoms with Crippen molar-refractivity contribution in [2.24, 2.45) is 0 Å². The van der Waals surface area contributed by atoms with E-state index in [0.29, 0.717) is 22.0 Å². The van der Waals surface area contributed by atoms with Crippen LogP contribution in [0.15, 0.2) is 35.7 Å². The van der Waals surface area contributed by atoms with Crippen molar-refractivity contribution in [3.8, 4) is 0 Å². The Kier molecular flexibility index (Phi) is 4.77. The molecule has 1 amide bonds. The van der Waals surface area contributed by atoms with Gasteiger partial charge in [-0.15, -0.1) is 11.3 Å². The third-order valence-electron chi connectivity index (χ3n) is 3.90. The van der Waals surface area contributed by atoms with Crippen LogP contribution >= 0.6 is 34.3 Å². The Balaban J connectivity index is 1.88. The molecular weight excluding hydrogens is 413 g/mol. The van der Waals surface area contributed by atoms with Crippen LogP contribution in [0.4, 0.5) is 5.00 Å². The number of hydrogen-bond acceptors (Lipinski definition) is 4. The lowest BCUT2D eigenvalue weighted by atomic mass is 9.79. The number of hydrogen-bond donors (Lipinski definition) is 1. The van der Waals surface area contributed by atoms with Crippen LogP contribution in [0.3, 0.4) is 0 Å². The molecule has 1 aromatic heterocycles. The predicted molar refractivity (Wildman–Crippen MR) is 94.7 cm³/mol. The molecule has 0 atom stereocenters. The number of nitrogens with one attached hydrogen (secondary N) is 1. The van der Waals surface area contributed by atoms with Crippen LogP contribution in [-0.4, -0.2) is 11.9 Å². The van der Waals surface area contributed by atoms with Crippen molar-refractivity contribution < 1.29 is 12.7 Å². The van der Waals surface area contributed by atoms with Gasteiger partial charge in [0.1, 0.15) is 5.00 Å². The molecule has 6 heteroatoms. The maximum absolute atomic E-state index is 12.3. The summed E-state index contributed by atoms with van der Waals surface area (Å²) >= 11 is 2.97. The molecule has 22 heavy (non-hydrogen) atoms. The first kappa shape index (κ1) is 15.5. The molecule has 1 aliphatic carbocycles. The summed E-state index contributed by atoms with van der Waals surface area (Å²) in [5, 5.41) is 5.37. The van der Waals surface area contributed by atoms with Crippen LogP contribution < -0.4 is 5.32 Å². The van der Waals surface area contributed by atoms with Crippen LogP contribution in [0.5, 0.6) is 0 Å². The van der Waals surface area contributed by atoms with Crippen molar-refractivity contribution in [2.75, 3.05) is 5.32 Å². The zero-order chi connectivity index (χ0) is 15.5. The molecular formula is C16H14INO3S. The quantitative estimate of drug-likeness (QED) is 0.715. The van der Waals surface area contributed by atoms with E-state index in [0.717, 1.165) is 18.4 Å². The number of carbonyl (C=O) groups is 2. The zero-order valence-corrected chi connectivity index (χ0v) is 14.6. The van der Waals surface area contributed by atoms with Crippen LogP contribution in [0.2, 0.25) is 0 Å². The highest BCUT2D eigenvalue weighted by molar-refractivity contribution is 14.1. The molecule has 114 valence electrons. The molecule has 0 radical (unpaired) electrons. The molecule has 1 N–H and O–H groups in total. The first-order valence-electron chi connectivity index (χ1n) is 7.01. The minimum absolute atomic E-state index is 0.217. The number of halogens is 1. The van der Waals surface area contributed by atoms with E-state index >= 15 is 0 Å². The molecule has 0 bridgehead atoms. The lowest BCUT2D eigenvalue weighted by Gasteiger charge is -2.25. The van der Waals surface area contributed by atoms with E-state index in [9.17, 15) is 9.59 Å². The van der Waals surface area contributed by atoms with Gasteiger partial charge in [-0.2, -0.15) is 0 Å². The Hall–Kier alpha value is -1.41. The summed E-state index contributed by atoms with van der Waals surface area (Å²) in [5.74, 6) is -0.207. The summed E-state index contributed by atoms with van der Waals surface area (Å²) in [6.45, 7) is 0.